The topological polar surface area (TPSA) is 95.6 Å². The van der Waals surface area contributed by atoms with Crippen LogP contribution in [0.1, 0.15) is 37.0 Å². The molecule has 0 bridgehead atoms. The maximum absolute atomic E-state index is 13.4. The Hall–Kier alpha value is -2.62. The fourth-order valence-corrected chi connectivity index (χ4v) is 5.51. The summed E-state index contributed by atoms with van der Waals surface area (Å²) in [5, 5.41) is 4.36. The van der Waals surface area contributed by atoms with Gasteiger partial charge in [-0.25, -0.2) is 13.1 Å². The van der Waals surface area contributed by atoms with E-state index < -0.39 is 16.1 Å². The summed E-state index contributed by atoms with van der Waals surface area (Å²) in [7, 11) is -3.55. The van der Waals surface area contributed by atoms with Gasteiger partial charge in [-0.05, 0) is 66.4 Å². The van der Waals surface area contributed by atoms with Crippen LogP contribution in [0, 0.1) is 0 Å². The lowest BCUT2D eigenvalue weighted by molar-refractivity contribution is -0.140. The van der Waals surface area contributed by atoms with Gasteiger partial charge in [0.2, 0.25) is 21.8 Å². The molecule has 0 aliphatic rings. The second kappa shape index (κ2) is 14.1. The molecule has 0 saturated heterocycles. The molecule has 7 nitrogen and oxygen atoms in total. The van der Waals surface area contributed by atoms with E-state index in [0.29, 0.717) is 33.6 Å². The minimum atomic E-state index is -3.55. The molecule has 3 rings (SSSR count). The number of halogens is 3. The Kier molecular flexibility index (Phi) is 11.2. The Balaban J connectivity index is 1.71. The van der Waals surface area contributed by atoms with Crippen molar-refractivity contribution in [1.29, 1.82) is 0 Å². The third-order valence-electron chi connectivity index (χ3n) is 6.10. The lowest BCUT2D eigenvalue weighted by atomic mass is 10.1. The van der Waals surface area contributed by atoms with Crippen molar-refractivity contribution in [2.24, 2.45) is 0 Å². The number of hydrogen-bond donors (Lipinski definition) is 2. The highest BCUT2D eigenvalue weighted by atomic mass is 35.5. The van der Waals surface area contributed by atoms with Gasteiger partial charge in [-0.15, -0.1) is 0 Å². The Morgan fingerprint density at radius 1 is 0.897 bits per heavy atom. The molecule has 0 aromatic heterocycles. The van der Waals surface area contributed by atoms with Crippen LogP contribution in [0.2, 0.25) is 15.1 Å². The fourth-order valence-electron chi connectivity index (χ4n) is 3.87. The van der Waals surface area contributed by atoms with E-state index in [4.69, 9.17) is 34.8 Å². The summed E-state index contributed by atoms with van der Waals surface area (Å²) in [6.45, 7) is 4.07. The van der Waals surface area contributed by atoms with Gasteiger partial charge in [0.25, 0.3) is 0 Å². The highest BCUT2D eigenvalue weighted by molar-refractivity contribution is 7.89. The Bertz CT molecular complexity index is 1400. The first-order chi connectivity index (χ1) is 18.5. The van der Waals surface area contributed by atoms with E-state index in [1.54, 1.807) is 56.3 Å². The quantitative estimate of drug-likeness (QED) is 0.279. The van der Waals surface area contributed by atoms with Crippen LogP contribution in [-0.2, 0) is 39.1 Å². The standard InChI is InChI=1S/C28H30Cl3N3O4S/c1-3-33-39(37,38)25-13-6-20(7-14-25)8-15-27(35)34(18-21-4-10-23(29)11-5-21)19(2)28(36)32-17-22-9-12-24(30)16-26(22)31/h4-7,9-14,16,19,33H,3,8,15,17-18H2,1-2H3,(H,32,36)/t19-/m1/s1. The molecule has 3 aromatic carbocycles. The number of nitrogens with zero attached hydrogens (tertiary/aromatic N) is 1. The summed E-state index contributed by atoms with van der Waals surface area (Å²) in [5.74, 6) is -0.553. The third-order valence-corrected chi connectivity index (χ3v) is 8.50. The molecule has 0 heterocycles. The molecule has 0 fully saturated rings. The van der Waals surface area contributed by atoms with Crippen molar-refractivity contribution < 1.29 is 18.0 Å². The molecule has 3 aromatic rings. The highest BCUT2D eigenvalue weighted by Gasteiger charge is 2.26. The highest BCUT2D eigenvalue weighted by Crippen LogP contribution is 2.21. The minimum absolute atomic E-state index is 0.132. The monoisotopic (exact) mass is 609 g/mol. The lowest BCUT2D eigenvalue weighted by Gasteiger charge is -2.29. The predicted molar refractivity (Wildman–Crippen MR) is 155 cm³/mol. The van der Waals surface area contributed by atoms with Gasteiger partial charge in [0.05, 0.1) is 4.90 Å². The van der Waals surface area contributed by atoms with Crippen molar-refractivity contribution in [3.63, 3.8) is 0 Å². The van der Waals surface area contributed by atoms with E-state index >= 15 is 0 Å². The van der Waals surface area contributed by atoms with Crippen LogP contribution in [0.15, 0.2) is 71.6 Å². The molecule has 0 radical (unpaired) electrons. The largest absolute Gasteiger partial charge is 0.350 e. The zero-order chi connectivity index (χ0) is 28.6. The fraction of sp³-hybridized carbons (Fsp3) is 0.286. The van der Waals surface area contributed by atoms with E-state index in [1.807, 2.05) is 12.1 Å². The van der Waals surface area contributed by atoms with E-state index in [9.17, 15) is 18.0 Å². The zero-order valence-electron chi connectivity index (χ0n) is 21.6. The van der Waals surface area contributed by atoms with Gasteiger partial charge in [0.15, 0.2) is 0 Å². The number of carbonyl (C=O) groups is 2. The van der Waals surface area contributed by atoms with E-state index in [-0.39, 0.29) is 36.2 Å². The van der Waals surface area contributed by atoms with E-state index in [0.717, 1.165) is 11.1 Å². The predicted octanol–water partition coefficient (Wildman–Crippen LogP) is 5.61. The number of rotatable bonds is 12. The molecule has 1 atom stereocenters. The van der Waals surface area contributed by atoms with Crippen LogP contribution in [0.4, 0.5) is 0 Å². The first-order valence-corrected chi connectivity index (χ1v) is 15.0. The van der Waals surface area contributed by atoms with Crippen LogP contribution in [-0.4, -0.2) is 37.7 Å². The van der Waals surface area contributed by atoms with Crippen molar-refractivity contribution in [1.82, 2.24) is 14.9 Å². The summed E-state index contributed by atoms with van der Waals surface area (Å²) in [4.78, 5) is 28.2. The van der Waals surface area contributed by atoms with Crippen molar-refractivity contribution in [3.8, 4) is 0 Å². The number of nitrogens with one attached hydrogen (secondary N) is 2. The summed E-state index contributed by atoms with van der Waals surface area (Å²) in [6.07, 6.45) is 0.514. The van der Waals surface area contributed by atoms with Crippen molar-refractivity contribution in [3.05, 3.63) is 98.5 Å². The van der Waals surface area contributed by atoms with Crippen LogP contribution in [0.25, 0.3) is 0 Å². The normalized spacial score (nSPS) is 12.1. The van der Waals surface area contributed by atoms with Gasteiger partial charge in [-0.3, -0.25) is 9.59 Å². The molecule has 0 aliphatic carbocycles. The summed E-state index contributed by atoms with van der Waals surface area (Å²) >= 11 is 18.2. The van der Waals surface area contributed by atoms with Gasteiger partial charge >= 0.3 is 0 Å². The molecule has 39 heavy (non-hydrogen) atoms. The Morgan fingerprint density at radius 3 is 2.13 bits per heavy atom. The third kappa shape index (κ3) is 8.95. The second-order valence-electron chi connectivity index (χ2n) is 8.92. The van der Waals surface area contributed by atoms with Gasteiger partial charge in [0, 0.05) is 41.1 Å². The van der Waals surface area contributed by atoms with Crippen LogP contribution in [0.5, 0.6) is 0 Å². The number of aryl methyl sites for hydroxylation is 1. The van der Waals surface area contributed by atoms with E-state index in [2.05, 4.69) is 10.0 Å². The first-order valence-electron chi connectivity index (χ1n) is 12.3. The average Bonchev–Trinajstić information content (AvgIpc) is 2.90. The molecular formula is C28H30Cl3N3O4S. The van der Waals surface area contributed by atoms with Crippen LogP contribution >= 0.6 is 34.8 Å². The molecule has 0 aliphatic heterocycles. The van der Waals surface area contributed by atoms with Crippen molar-refractivity contribution >= 4 is 56.6 Å². The van der Waals surface area contributed by atoms with Gasteiger partial charge in [-0.1, -0.05) is 72.1 Å². The van der Waals surface area contributed by atoms with E-state index in [1.165, 1.54) is 17.0 Å². The summed E-state index contributed by atoms with van der Waals surface area (Å²) in [6, 6.07) is 17.7. The summed E-state index contributed by atoms with van der Waals surface area (Å²) in [5.41, 5.74) is 2.34. The molecule has 0 unspecified atom stereocenters. The van der Waals surface area contributed by atoms with Crippen LogP contribution in [0.3, 0.4) is 0 Å². The summed E-state index contributed by atoms with van der Waals surface area (Å²) < 4.78 is 26.8. The molecule has 0 spiro atoms. The van der Waals surface area contributed by atoms with Gasteiger partial charge in [-0.2, -0.15) is 0 Å². The lowest BCUT2D eigenvalue weighted by Crippen LogP contribution is -2.47. The minimum Gasteiger partial charge on any atom is -0.350 e. The molecule has 2 amide bonds. The number of sulfonamides is 1. The Morgan fingerprint density at radius 2 is 1.51 bits per heavy atom. The number of benzene rings is 3. The molecular weight excluding hydrogens is 581 g/mol. The average molecular weight is 611 g/mol. The van der Waals surface area contributed by atoms with Crippen molar-refractivity contribution in [2.45, 2.75) is 50.7 Å². The maximum Gasteiger partial charge on any atom is 0.242 e. The van der Waals surface area contributed by atoms with Crippen LogP contribution < -0.4 is 10.0 Å². The molecule has 0 saturated carbocycles. The molecule has 11 heteroatoms. The Labute approximate surface area is 244 Å². The SMILES string of the molecule is CCNS(=O)(=O)c1ccc(CCC(=O)N(Cc2ccc(Cl)cc2)[C@H](C)C(=O)NCc2ccc(Cl)cc2Cl)cc1. The molecule has 2 N–H and O–H groups in total. The number of amides is 2. The number of hydrogen-bond acceptors (Lipinski definition) is 4. The van der Waals surface area contributed by atoms with Gasteiger partial charge < -0.3 is 10.2 Å². The molecule has 208 valence electrons. The van der Waals surface area contributed by atoms with Gasteiger partial charge in [0.1, 0.15) is 6.04 Å². The zero-order valence-corrected chi connectivity index (χ0v) is 24.7. The maximum atomic E-state index is 13.4. The second-order valence-corrected chi connectivity index (χ2v) is 12.0. The number of carbonyl (C=O) groups excluding carboxylic acids is 2. The first kappa shape index (κ1) is 30.9. The smallest absolute Gasteiger partial charge is 0.242 e. The van der Waals surface area contributed by atoms with Crippen molar-refractivity contribution in [2.75, 3.05) is 6.54 Å².